The number of carbonyl (C=O) groups is 2. The van der Waals surface area contributed by atoms with Gasteiger partial charge in [0.15, 0.2) is 0 Å². The average molecular weight is 486 g/mol. The third kappa shape index (κ3) is 4.16. The van der Waals surface area contributed by atoms with Gasteiger partial charge in [-0.15, -0.1) is 0 Å². The SMILES string of the molecule is C/C(=N\NC(=O)c1ccc(CN2C(=O)c3cccc4cccc2c34)cc1)c1ccc(-n2ccnc2)cc1. The van der Waals surface area contributed by atoms with Crippen LogP contribution in [-0.4, -0.2) is 27.1 Å². The first kappa shape index (κ1) is 22.4. The minimum absolute atomic E-state index is 0.00325. The van der Waals surface area contributed by atoms with E-state index in [4.69, 9.17) is 0 Å². The molecule has 0 saturated heterocycles. The van der Waals surface area contributed by atoms with Crippen molar-refractivity contribution in [2.75, 3.05) is 4.90 Å². The van der Waals surface area contributed by atoms with Crippen LogP contribution in [0.2, 0.25) is 0 Å². The topological polar surface area (TPSA) is 79.6 Å². The smallest absolute Gasteiger partial charge is 0.271 e. The lowest BCUT2D eigenvalue weighted by Crippen LogP contribution is -2.26. The number of nitrogens with zero attached hydrogens (tertiary/aromatic N) is 4. The van der Waals surface area contributed by atoms with Gasteiger partial charge >= 0.3 is 0 Å². The summed E-state index contributed by atoms with van der Waals surface area (Å²) < 4.78 is 1.92. The summed E-state index contributed by atoms with van der Waals surface area (Å²) in [6.45, 7) is 2.28. The Bertz CT molecular complexity index is 1650. The molecule has 2 amide bonds. The van der Waals surface area contributed by atoms with E-state index in [1.54, 1.807) is 29.6 Å². The molecule has 0 aliphatic carbocycles. The molecule has 37 heavy (non-hydrogen) atoms. The second-order valence-electron chi connectivity index (χ2n) is 8.92. The molecule has 180 valence electrons. The third-order valence-electron chi connectivity index (χ3n) is 6.62. The fraction of sp³-hybridized carbons (Fsp3) is 0.0667. The Labute approximate surface area is 213 Å². The predicted molar refractivity (Wildman–Crippen MR) is 144 cm³/mol. The van der Waals surface area contributed by atoms with E-state index in [2.05, 4.69) is 15.5 Å². The van der Waals surface area contributed by atoms with Gasteiger partial charge in [-0.1, -0.05) is 48.5 Å². The van der Waals surface area contributed by atoms with E-state index in [1.807, 2.05) is 90.5 Å². The zero-order valence-corrected chi connectivity index (χ0v) is 20.1. The summed E-state index contributed by atoms with van der Waals surface area (Å²) in [6.07, 6.45) is 5.35. The molecule has 0 saturated carbocycles. The predicted octanol–water partition coefficient (Wildman–Crippen LogP) is 5.34. The standard InChI is InChI=1S/C30H23N5O2/c1-20(22-12-14-25(15-13-22)34-17-16-31-19-34)32-33-29(36)24-10-8-21(9-11-24)18-35-27-7-3-5-23-4-2-6-26(28(23)27)30(35)37/h2-17,19H,18H2,1H3,(H,33,36)/b32-20+. The van der Waals surface area contributed by atoms with Crippen LogP contribution >= 0.6 is 0 Å². The van der Waals surface area contributed by atoms with E-state index in [9.17, 15) is 9.59 Å². The molecule has 7 heteroatoms. The van der Waals surface area contributed by atoms with Crippen LogP contribution in [0.25, 0.3) is 16.5 Å². The lowest BCUT2D eigenvalue weighted by Gasteiger charge is -2.18. The van der Waals surface area contributed by atoms with Crippen molar-refractivity contribution in [3.63, 3.8) is 0 Å². The zero-order chi connectivity index (χ0) is 25.4. The maximum Gasteiger partial charge on any atom is 0.271 e. The second-order valence-corrected chi connectivity index (χ2v) is 8.92. The molecule has 0 atom stereocenters. The molecule has 0 fully saturated rings. The minimum Gasteiger partial charge on any atom is -0.306 e. The highest BCUT2D eigenvalue weighted by molar-refractivity contribution is 6.24. The van der Waals surface area contributed by atoms with Gasteiger partial charge in [-0.3, -0.25) is 9.59 Å². The number of anilines is 1. The van der Waals surface area contributed by atoms with Crippen LogP contribution in [0.3, 0.4) is 0 Å². The molecule has 2 heterocycles. The molecule has 1 N–H and O–H groups in total. The van der Waals surface area contributed by atoms with Gasteiger partial charge in [-0.2, -0.15) is 5.10 Å². The maximum atomic E-state index is 13.0. The van der Waals surface area contributed by atoms with Crippen molar-refractivity contribution in [1.82, 2.24) is 15.0 Å². The Kier molecular flexibility index (Phi) is 5.58. The molecule has 4 aromatic carbocycles. The summed E-state index contributed by atoms with van der Waals surface area (Å²) in [5.41, 5.74) is 8.32. The lowest BCUT2D eigenvalue weighted by atomic mass is 10.1. The maximum absolute atomic E-state index is 13.0. The Hall–Kier alpha value is -5.04. The highest BCUT2D eigenvalue weighted by atomic mass is 16.2. The van der Waals surface area contributed by atoms with E-state index in [1.165, 1.54) is 0 Å². The number of rotatable bonds is 6. The van der Waals surface area contributed by atoms with Crippen molar-refractivity contribution in [2.24, 2.45) is 5.10 Å². The fourth-order valence-electron chi connectivity index (χ4n) is 4.63. The summed E-state index contributed by atoms with van der Waals surface area (Å²) >= 11 is 0. The van der Waals surface area contributed by atoms with Crippen molar-refractivity contribution in [1.29, 1.82) is 0 Å². The molecule has 0 unspecified atom stereocenters. The van der Waals surface area contributed by atoms with Crippen molar-refractivity contribution in [2.45, 2.75) is 13.5 Å². The van der Waals surface area contributed by atoms with Crippen LogP contribution in [0.4, 0.5) is 5.69 Å². The first-order chi connectivity index (χ1) is 18.1. The molecular weight excluding hydrogens is 462 g/mol. The van der Waals surface area contributed by atoms with Crippen LogP contribution in [-0.2, 0) is 6.54 Å². The largest absolute Gasteiger partial charge is 0.306 e. The summed E-state index contributed by atoms with van der Waals surface area (Å²) in [4.78, 5) is 31.6. The molecule has 0 radical (unpaired) electrons. The second kappa shape index (κ2) is 9.20. The Balaban J connectivity index is 1.12. The number of hydrogen-bond acceptors (Lipinski definition) is 4. The van der Waals surface area contributed by atoms with E-state index >= 15 is 0 Å². The minimum atomic E-state index is -0.296. The lowest BCUT2D eigenvalue weighted by molar-refractivity contribution is 0.0953. The number of aromatic nitrogens is 2. The highest BCUT2D eigenvalue weighted by Gasteiger charge is 2.29. The van der Waals surface area contributed by atoms with Gasteiger partial charge in [-0.25, -0.2) is 10.4 Å². The van der Waals surface area contributed by atoms with Crippen LogP contribution in [0.15, 0.2) is 109 Å². The molecule has 1 aliphatic heterocycles. The average Bonchev–Trinajstić information content (AvgIpc) is 3.57. The van der Waals surface area contributed by atoms with E-state index in [0.717, 1.165) is 38.8 Å². The van der Waals surface area contributed by atoms with Crippen LogP contribution in [0.1, 0.15) is 38.8 Å². The Morgan fingerprint density at radius 3 is 2.38 bits per heavy atom. The van der Waals surface area contributed by atoms with E-state index < -0.39 is 0 Å². The molecule has 6 rings (SSSR count). The molecule has 0 spiro atoms. The van der Waals surface area contributed by atoms with E-state index in [0.29, 0.717) is 17.8 Å². The number of nitrogens with one attached hydrogen (secondary N) is 1. The molecular formula is C30H23N5O2. The zero-order valence-electron chi connectivity index (χ0n) is 20.1. The summed E-state index contributed by atoms with van der Waals surface area (Å²) in [5, 5.41) is 6.32. The van der Waals surface area contributed by atoms with Crippen LogP contribution in [0.5, 0.6) is 0 Å². The first-order valence-electron chi connectivity index (χ1n) is 11.9. The van der Waals surface area contributed by atoms with Gasteiger partial charge in [0.05, 0.1) is 24.3 Å². The summed E-state index contributed by atoms with van der Waals surface area (Å²) in [5.74, 6) is -0.299. The Morgan fingerprint density at radius 1 is 0.919 bits per heavy atom. The normalized spacial score (nSPS) is 12.8. The Morgan fingerprint density at radius 2 is 1.65 bits per heavy atom. The van der Waals surface area contributed by atoms with E-state index in [-0.39, 0.29) is 11.8 Å². The van der Waals surface area contributed by atoms with Gasteiger partial charge in [0.1, 0.15) is 0 Å². The molecule has 1 aromatic heterocycles. The quantitative estimate of drug-likeness (QED) is 0.260. The van der Waals surface area contributed by atoms with Gasteiger partial charge in [0, 0.05) is 34.6 Å². The third-order valence-corrected chi connectivity index (χ3v) is 6.62. The number of imidazole rings is 1. The van der Waals surface area contributed by atoms with Crippen molar-refractivity contribution in [3.05, 3.63) is 126 Å². The van der Waals surface area contributed by atoms with Crippen molar-refractivity contribution >= 4 is 34.0 Å². The number of carbonyl (C=O) groups excluding carboxylic acids is 2. The first-order valence-corrected chi connectivity index (χ1v) is 11.9. The molecule has 0 bridgehead atoms. The van der Waals surface area contributed by atoms with Gasteiger partial charge in [0.25, 0.3) is 11.8 Å². The fourth-order valence-corrected chi connectivity index (χ4v) is 4.63. The molecule has 7 nitrogen and oxygen atoms in total. The van der Waals surface area contributed by atoms with Gasteiger partial charge < -0.3 is 9.47 Å². The number of hydrazone groups is 1. The van der Waals surface area contributed by atoms with Gasteiger partial charge in [0.2, 0.25) is 0 Å². The van der Waals surface area contributed by atoms with Crippen molar-refractivity contribution in [3.8, 4) is 5.69 Å². The highest BCUT2D eigenvalue weighted by Crippen LogP contribution is 2.37. The number of amides is 2. The number of benzene rings is 4. The van der Waals surface area contributed by atoms with Crippen molar-refractivity contribution < 1.29 is 9.59 Å². The van der Waals surface area contributed by atoms with Crippen LogP contribution < -0.4 is 10.3 Å². The summed E-state index contributed by atoms with van der Waals surface area (Å²) in [6, 6.07) is 26.9. The molecule has 1 aliphatic rings. The van der Waals surface area contributed by atoms with Crippen LogP contribution in [0, 0.1) is 0 Å². The number of hydrogen-bond donors (Lipinski definition) is 1. The monoisotopic (exact) mass is 485 g/mol. The summed E-state index contributed by atoms with van der Waals surface area (Å²) in [7, 11) is 0. The van der Waals surface area contributed by atoms with Gasteiger partial charge in [-0.05, 0) is 59.8 Å². The molecule has 5 aromatic rings.